The molecule has 0 N–H and O–H groups in total. The van der Waals surface area contributed by atoms with E-state index >= 15 is 0 Å². The van der Waals surface area contributed by atoms with E-state index in [9.17, 15) is 22.0 Å². The summed E-state index contributed by atoms with van der Waals surface area (Å²) in [4.78, 5) is -1.06. The van der Waals surface area contributed by atoms with E-state index in [1.165, 1.54) is 0 Å². The van der Waals surface area contributed by atoms with Crippen molar-refractivity contribution in [3.8, 4) is 0 Å². The lowest BCUT2D eigenvalue weighted by Crippen LogP contribution is -2.10. The molecule has 0 spiro atoms. The van der Waals surface area contributed by atoms with Crippen molar-refractivity contribution in [3.63, 3.8) is 0 Å². The lowest BCUT2D eigenvalue weighted by Gasteiger charge is -2.12. The Morgan fingerprint density at radius 1 is 1.13 bits per heavy atom. The molecule has 1 rings (SSSR count). The molecule has 0 heterocycles. The number of hydrogen-bond donors (Lipinski definition) is 0. The molecule has 6 heteroatoms. The molecule has 0 saturated heterocycles. The summed E-state index contributed by atoms with van der Waals surface area (Å²) in [5.74, 6) is -2.23. The van der Waals surface area contributed by atoms with E-state index in [4.69, 9.17) is 0 Å². The highest BCUT2D eigenvalue weighted by atomic mass is 79.9. The summed E-state index contributed by atoms with van der Waals surface area (Å²) in [5.41, 5.74) is 0.0613. The molecule has 84 valence electrons. The van der Waals surface area contributed by atoms with Crippen LogP contribution in [-0.2, 0) is 0 Å². The van der Waals surface area contributed by atoms with Gasteiger partial charge in [-0.05, 0) is 17.7 Å². The minimum absolute atomic E-state index is 0.0613. The van der Waals surface area contributed by atoms with Gasteiger partial charge in [-0.25, -0.2) is 8.78 Å². The zero-order valence-corrected chi connectivity index (χ0v) is 8.87. The largest absolute Gasteiger partial charge is 0.390 e. The van der Waals surface area contributed by atoms with E-state index in [1.54, 1.807) is 0 Å². The molecule has 1 aromatic rings. The Morgan fingerprint density at radius 3 is 2.20 bits per heavy atom. The van der Waals surface area contributed by atoms with Crippen LogP contribution in [0.1, 0.15) is 16.8 Å². The first-order valence-corrected chi connectivity index (χ1v) is 4.87. The van der Waals surface area contributed by atoms with E-state index in [1.807, 2.05) is 0 Å². The zero-order valence-electron chi connectivity index (χ0n) is 7.28. The Kier molecular flexibility index (Phi) is 3.70. The predicted octanol–water partition coefficient (Wildman–Crippen LogP) is 4.35. The van der Waals surface area contributed by atoms with Gasteiger partial charge in [-0.15, -0.1) is 0 Å². The van der Waals surface area contributed by atoms with Gasteiger partial charge in [-0.1, -0.05) is 22.0 Å². The van der Waals surface area contributed by atoms with Gasteiger partial charge in [-0.3, -0.25) is 0 Å². The quantitative estimate of drug-likeness (QED) is 0.560. The van der Waals surface area contributed by atoms with Crippen LogP contribution in [0.3, 0.4) is 0 Å². The van der Waals surface area contributed by atoms with Crippen molar-refractivity contribution in [3.05, 3.63) is 35.4 Å². The van der Waals surface area contributed by atoms with Crippen LogP contribution < -0.4 is 0 Å². The predicted molar refractivity (Wildman–Crippen MR) is 48.7 cm³/mol. The maximum atomic E-state index is 12.7. The van der Waals surface area contributed by atoms with Gasteiger partial charge < -0.3 is 0 Å². The summed E-state index contributed by atoms with van der Waals surface area (Å²) in [7, 11) is 0. The molecule has 0 radical (unpaired) electrons. The third kappa shape index (κ3) is 3.77. The Labute approximate surface area is 91.2 Å². The normalized spacial score (nSPS) is 14.0. The van der Waals surface area contributed by atoms with Crippen LogP contribution in [-0.4, -0.2) is 6.18 Å². The Morgan fingerprint density at radius 2 is 1.73 bits per heavy atom. The average Bonchev–Trinajstić information content (AvgIpc) is 2.06. The van der Waals surface area contributed by atoms with Gasteiger partial charge in [0, 0.05) is 4.83 Å². The number of alkyl halides is 4. The summed E-state index contributed by atoms with van der Waals surface area (Å²) in [6.45, 7) is 0. The fourth-order valence-corrected chi connectivity index (χ4v) is 1.68. The average molecular weight is 289 g/mol. The molecular weight excluding hydrogens is 283 g/mol. The highest BCUT2D eigenvalue weighted by Gasteiger charge is 2.31. The molecule has 0 aliphatic carbocycles. The second-order valence-electron chi connectivity index (χ2n) is 2.96. The van der Waals surface area contributed by atoms with Crippen LogP contribution in [0.5, 0.6) is 0 Å². The molecule has 0 aliphatic heterocycles. The molecule has 1 unspecified atom stereocenters. The van der Waals surface area contributed by atoms with Crippen molar-refractivity contribution >= 4 is 15.9 Å². The minimum atomic E-state index is -4.35. The topological polar surface area (TPSA) is 0 Å². The van der Waals surface area contributed by atoms with Crippen molar-refractivity contribution in [2.24, 2.45) is 0 Å². The van der Waals surface area contributed by atoms with Gasteiger partial charge in [-0.2, -0.15) is 13.2 Å². The summed E-state index contributed by atoms with van der Waals surface area (Å²) in [6.07, 6.45) is -5.48. The molecule has 15 heavy (non-hydrogen) atoms. The van der Waals surface area contributed by atoms with E-state index in [0.717, 1.165) is 18.2 Å². The monoisotopic (exact) mass is 288 g/mol. The van der Waals surface area contributed by atoms with Gasteiger partial charge in [0.1, 0.15) is 0 Å². The van der Waals surface area contributed by atoms with Crippen LogP contribution >= 0.6 is 15.9 Å². The standard InChI is InChI=1S/C9H6BrF5/c10-6(4-9(13,14)15)5-1-2-7(11)8(12)3-5/h1-3,6H,4H2. The first kappa shape index (κ1) is 12.4. The van der Waals surface area contributed by atoms with Crippen LogP contribution in [0.4, 0.5) is 22.0 Å². The van der Waals surface area contributed by atoms with E-state index in [-0.39, 0.29) is 5.56 Å². The third-order valence-corrected chi connectivity index (χ3v) is 2.57. The van der Waals surface area contributed by atoms with Crippen LogP contribution in [0.2, 0.25) is 0 Å². The van der Waals surface area contributed by atoms with Gasteiger partial charge >= 0.3 is 6.18 Å². The maximum absolute atomic E-state index is 12.7. The van der Waals surface area contributed by atoms with Gasteiger partial charge in [0.25, 0.3) is 0 Å². The van der Waals surface area contributed by atoms with Crippen molar-refractivity contribution in [2.45, 2.75) is 17.4 Å². The fourth-order valence-electron chi connectivity index (χ4n) is 1.03. The number of rotatable bonds is 2. The zero-order chi connectivity index (χ0) is 11.6. The molecule has 0 aliphatic rings. The first-order valence-electron chi connectivity index (χ1n) is 3.95. The lowest BCUT2D eigenvalue weighted by atomic mass is 10.1. The maximum Gasteiger partial charge on any atom is 0.390 e. The Bertz CT molecular complexity index is 347. The molecule has 0 saturated carbocycles. The highest BCUT2D eigenvalue weighted by molar-refractivity contribution is 9.09. The molecular formula is C9H6BrF5. The summed E-state index contributed by atoms with van der Waals surface area (Å²) >= 11 is 2.77. The Hall–Kier alpha value is -0.650. The molecule has 1 aromatic carbocycles. The van der Waals surface area contributed by atoms with Crippen molar-refractivity contribution < 1.29 is 22.0 Å². The third-order valence-electron chi connectivity index (χ3n) is 1.72. The van der Waals surface area contributed by atoms with Gasteiger partial charge in [0.2, 0.25) is 0 Å². The summed E-state index contributed by atoms with van der Waals surface area (Å²) < 4.78 is 61.1. The van der Waals surface area contributed by atoms with Crippen molar-refractivity contribution in [1.29, 1.82) is 0 Å². The Balaban J connectivity index is 2.83. The second-order valence-corrected chi connectivity index (χ2v) is 4.07. The van der Waals surface area contributed by atoms with Crippen molar-refractivity contribution in [2.75, 3.05) is 0 Å². The second kappa shape index (κ2) is 4.47. The van der Waals surface area contributed by atoms with Gasteiger partial charge in [0.05, 0.1) is 6.42 Å². The molecule has 0 amide bonds. The summed E-state index contributed by atoms with van der Waals surface area (Å²) in [6, 6.07) is 2.67. The molecule has 1 atom stereocenters. The lowest BCUT2D eigenvalue weighted by molar-refractivity contribution is -0.134. The van der Waals surface area contributed by atoms with E-state index in [0.29, 0.717) is 0 Å². The fraction of sp³-hybridized carbons (Fsp3) is 0.333. The molecule has 0 bridgehead atoms. The first-order chi connectivity index (χ1) is 6.79. The highest BCUT2D eigenvalue weighted by Crippen LogP contribution is 2.35. The molecule has 0 aromatic heterocycles. The van der Waals surface area contributed by atoms with Gasteiger partial charge in [0.15, 0.2) is 11.6 Å². The molecule has 0 nitrogen and oxygen atoms in total. The van der Waals surface area contributed by atoms with Crippen LogP contribution in [0.25, 0.3) is 0 Å². The number of halogens is 6. The SMILES string of the molecule is Fc1ccc(C(Br)CC(F)(F)F)cc1F. The molecule has 0 fully saturated rings. The van der Waals surface area contributed by atoms with Crippen molar-refractivity contribution in [1.82, 2.24) is 0 Å². The summed E-state index contributed by atoms with van der Waals surface area (Å²) in [5, 5.41) is 0. The van der Waals surface area contributed by atoms with E-state index in [2.05, 4.69) is 15.9 Å². The van der Waals surface area contributed by atoms with Crippen LogP contribution in [0.15, 0.2) is 18.2 Å². The minimum Gasteiger partial charge on any atom is -0.204 e. The van der Waals surface area contributed by atoms with E-state index < -0.39 is 29.1 Å². The van der Waals surface area contributed by atoms with Crippen LogP contribution in [0, 0.1) is 11.6 Å². The number of hydrogen-bond acceptors (Lipinski definition) is 0. The smallest absolute Gasteiger partial charge is 0.204 e. The number of benzene rings is 1.